The summed E-state index contributed by atoms with van der Waals surface area (Å²) in [6, 6.07) is 23.0. The van der Waals surface area contributed by atoms with Gasteiger partial charge in [-0.05, 0) is 97.2 Å². The van der Waals surface area contributed by atoms with E-state index in [0.29, 0.717) is 23.2 Å². The molecule has 3 aromatic carbocycles. The lowest BCUT2D eigenvalue weighted by Crippen LogP contribution is -2.45. The Kier molecular flexibility index (Phi) is 10.3. The van der Waals surface area contributed by atoms with E-state index >= 15 is 0 Å². The summed E-state index contributed by atoms with van der Waals surface area (Å²) in [5.74, 6) is 2.03. The van der Waals surface area contributed by atoms with E-state index < -0.39 is 5.41 Å². The van der Waals surface area contributed by atoms with E-state index in [-0.39, 0.29) is 11.7 Å². The van der Waals surface area contributed by atoms with Gasteiger partial charge in [0, 0.05) is 17.7 Å². The number of carbonyl (C=O) groups is 1. The first-order valence-electron chi connectivity index (χ1n) is 17.2. The molecule has 1 amide bonds. The number of nitrogens with zero attached hydrogens (tertiary/aromatic N) is 4. The number of halogens is 1. The Labute approximate surface area is 300 Å². The second-order valence-corrected chi connectivity index (χ2v) is 14.8. The van der Waals surface area contributed by atoms with Crippen LogP contribution in [-0.4, -0.2) is 45.1 Å². The Balaban J connectivity index is 1.05. The number of carbonyl (C=O) groups excluding carboxylic acids is 1. The average molecular weight is 706 g/mol. The third-order valence-corrected chi connectivity index (χ3v) is 11.4. The minimum atomic E-state index is -0.679. The lowest BCUT2D eigenvalue weighted by molar-refractivity contribution is -0.125. The average Bonchev–Trinajstić information content (AvgIpc) is 3.85. The van der Waals surface area contributed by atoms with Crippen molar-refractivity contribution >= 4 is 34.6 Å². The Hall–Kier alpha value is -4.54. The number of nitrogens with one attached hydrogen (secondary N) is 1. The Morgan fingerprint density at radius 2 is 1.92 bits per heavy atom. The number of fused-ring (bicyclic) bond motifs is 2. The number of benzene rings is 3. The molecule has 7 nitrogen and oxygen atoms in total. The summed E-state index contributed by atoms with van der Waals surface area (Å²) in [6.45, 7) is 2.52. The number of methoxy groups -OCH3 is 1. The molecule has 0 aliphatic heterocycles. The summed E-state index contributed by atoms with van der Waals surface area (Å²) in [4.78, 5) is 19.1. The van der Waals surface area contributed by atoms with Crippen LogP contribution >= 0.6 is 23.1 Å². The van der Waals surface area contributed by atoms with Crippen LogP contribution in [0.4, 0.5) is 4.39 Å². The van der Waals surface area contributed by atoms with Crippen LogP contribution in [0, 0.1) is 12.7 Å². The molecule has 1 atom stereocenters. The van der Waals surface area contributed by atoms with Gasteiger partial charge in [0.1, 0.15) is 17.3 Å². The van der Waals surface area contributed by atoms with Gasteiger partial charge >= 0.3 is 0 Å². The maximum atomic E-state index is 14.5. The molecule has 2 aliphatic rings. The highest BCUT2D eigenvalue weighted by Crippen LogP contribution is 2.53. The fourth-order valence-electron chi connectivity index (χ4n) is 7.21. The number of thiazole rings is 1. The standard InChI is InChI=1S/C40H40FN5O2S2/c1-27-43-36(26-50-27)37-44-45-39(46(37)30-12-10-11-29(41)25-30)49-24-9-3-8-22-40(38(47)42-23-21-28-17-19-31(48-2)20-18-28)34-15-6-4-13-32(34)33-14-5-7-16-35(33)40/h4-6,10-15,17-20,25-26H,3,7-9,16,21-24H2,1-2H3,(H,42,47). The first-order chi connectivity index (χ1) is 24.5. The fraction of sp³-hybridized carbons (Fsp3) is 0.300. The van der Waals surface area contributed by atoms with Crippen LogP contribution in [0.2, 0.25) is 0 Å². The molecule has 50 heavy (non-hydrogen) atoms. The van der Waals surface area contributed by atoms with E-state index in [2.05, 4.69) is 69.0 Å². The van der Waals surface area contributed by atoms with Crippen molar-refractivity contribution in [3.63, 3.8) is 0 Å². The molecule has 0 radical (unpaired) electrons. The zero-order chi connectivity index (χ0) is 34.5. The van der Waals surface area contributed by atoms with E-state index in [1.54, 1.807) is 36.3 Å². The van der Waals surface area contributed by atoms with Crippen LogP contribution < -0.4 is 10.1 Å². The van der Waals surface area contributed by atoms with Crippen LogP contribution in [0.1, 0.15) is 60.2 Å². The van der Waals surface area contributed by atoms with Crippen molar-refractivity contribution in [1.29, 1.82) is 0 Å². The van der Waals surface area contributed by atoms with Crippen molar-refractivity contribution in [2.45, 2.75) is 62.4 Å². The van der Waals surface area contributed by atoms with Crippen molar-refractivity contribution in [2.24, 2.45) is 0 Å². The molecule has 1 unspecified atom stereocenters. The second-order valence-electron chi connectivity index (χ2n) is 12.7. The molecule has 2 aliphatic carbocycles. The maximum Gasteiger partial charge on any atom is 0.234 e. The molecule has 7 rings (SSSR count). The van der Waals surface area contributed by atoms with Crippen molar-refractivity contribution < 1.29 is 13.9 Å². The predicted octanol–water partition coefficient (Wildman–Crippen LogP) is 8.91. The minimum absolute atomic E-state index is 0.0983. The summed E-state index contributed by atoms with van der Waals surface area (Å²) in [6.07, 6.45) is 10.6. The van der Waals surface area contributed by atoms with Gasteiger partial charge < -0.3 is 10.1 Å². The molecule has 5 aromatic rings. The third-order valence-electron chi connectivity index (χ3n) is 9.58. The molecular formula is C40H40FN5O2S2. The number of hydrogen-bond donors (Lipinski definition) is 1. The highest BCUT2D eigenvalue weighted by molar-refractivity contribution is 7.99. The van der Waals surface area contributed by atoms with E-state index in [9.17, 15) is 9.18 Å². The zero-order valence-electron chi connectivity index (χ0n) is 28.3. The van der Waals surface area contributed by atoms with Crippen LogP contribution in [0.15, 0.2) is 101 Å². The minimum Gasteiger partial charge on any atom is -0.497 e. The normalized spacial score (nSPS) is 16.4. The topological polar surface area (TPSA) is 81.9 Å². The SMILES string of the molecule is COc1ccc(CCNC(=O)C2(CCCCCSc3nnc(-c4csc(C)n4)n3-c3cccc(F)c3)C3=C(C=CCC3)c3ccccc32)cc1. The predicted molar refractivity (Wildman–Crippen MR) is 199 cm³/mol. The van der Waals surface area contributed by atoms with Gasteiger partial charge in [0.05, 0.1) is 23.2 Å². The van der Waals surface area contributed by atoms with Crippen LogP contribution in [0.5, 0.6) is 5.75 Å². The quantitative estimate of drug-likeness (QED) is 0.0918. The number of aryl methyl sites for hydroxylation is 1. The van der Waals surface area contributed by atoms with Gasteiger partial charge in [-0.2, -0.15) is 0 Å². The number of thioether (sulfide) groups is 1. The molecule has 2 heterocycles. The van der Waals surface area contributed by atoms with E-state index in [1.165, 1.54) is 28.8 Å². The van der Waals surface area contributed by atoms with Gasteiger partial charge in [-0.1, -0.05) is 79.2 Å². The van der Waals surface area contributed by atoms with Crippen LogP contribution in [0.25, 0.3) is 22.8 Å². The third kappa shape index (κ3) is 6.79. The number of rotatable bonds is 14. The van der Waals surface area contributed by atoms with Gasteiger partial charge in [0.2, 0.25) is 5.91 Å². The summed E-state index contributed by atoms with van der Waals surface area (Å²) < 4.78 is 21.5. The van der Waals surface area contributed by atoms with Crippen molar-refractivity contribution in [3.05, 3.63) is 123 Å². The molecule has 2 aromatic heterocycles. The van der Waals surface area contributed by atoms with Gasteiger partial charge in [0.15, 0.2) is 11.0 Å². The maximum absolute atomic E-state index is 14.5. The van der Waals surface area contributed by atoms with E-state index in [1.807, 2.05) is 35.1 Å². The zero-order valence-corrected chi connectivity index (χ0v) is 30.0. The fourth-order valence-corrected chi connectivity index (χ4v) is 8.75. The number of aromatic nitrogens is 4. The number of unbranched alkanes of at least 4 members (excludes halogenated alkanes) is 2. The second kappa shape index (κ2) is 15.1. The Morgan fingerprint density at radius 3 is 2.72 bits per heavy atom. The Bertz CT molecular complexity index is 2050. The lowest BCUT2D eigenvalue weighted by atomic mass is 9.70. The van der Waals surface area contributed by atoms with E-state index in [4.69, 9.17) is 4.74 Å². The first kappa shape index (κ1) is 33.9. The number of allylic oxidation sites excluding steroid dienone is 3. The van der Waals surface area contributed by atoms with Gasteiger partial charge in [-0.15, -0.1) is 21.5 Å². The van der Waals surface area contributed by atoms with E-state index in [0.717, 1.165) is 78.3 Å². The highest BCUT2D eigenvalue weighted by Gasteiger charge is 2.49. The summed E-state index contributed by atoms with van der Waals surface area (Å²) >= 11 is 3.16. The molecule has 0 saturated heterocycles. The molecule has 1 N–H and O–H groups in total. The van der Waals surface area contributed by atoms with Crippen LogP contribution in [0.3, 0.4) is 0 Å². The Morgan fingerprint density at radius 1 is 1.06 bits per heavy atom. The number of amides is 1. The van der Waals surface area contributed by atoms with Crippen molar-refractivity contribution in [1.82, 2.24) is 25.1 Å². The molecular weight excluding hydrogens is 666 g/mol. The largest absolute Gasteiger partial charge is 0.497 e. The molecule has 0 bridgehead atoms. The molecule has 256 valence electrons. The summed E-state index contributed by atoms with van der Waals surface area (Å²) in [5, 5.41) is 15.9. The van der Waals surface area contributed by atoms with Crippen LogP contribution in [-0.2, 0) is 16.6 Å². The highest BCUT2D eigenvalue weighted by atomic mass is 32.2. The lowest BCUT2D eigenvalue weighted by Gasteiger charge is -2.33. The molecule has 0 spiro atoms. The monoisotopic (exact) mass is 705 g/mol. The summed E-state index contributed by atoms with van der Waals surface area (Å²) in [5.41, 5.74) is 6.66. The van der Waals surface area contributed by atoms with Gasteiger partial charge in [0.25, 0.3) is 0 Å². The molecule has 10 heteroatoms. The van der Waals surface area contributed by atoms with Gasteiger partial charge in [-0.25, -0.2) is 9.37 Å². The molecule has 0 saturated carbocycles. The van der Waals surface area contributed by atoms with Crippen molar-refractivity contribution in [3.8, 4) is 23.0 Å². The van der Waals surface area contributed by atoms with Gasteiger partial charge in [-0.3, -0.25) is 9.36 Å². The summed E-state index contributed by atoms with van der Waals surface area (Å²) in [7, 11) is 1.67. The number of ether oxygens (including phenoxy) is 1. The molecule has 0 fully saturated rings. The smallest absolute Gasteiger partial charge is 0.234 e. The first-order valence-corrected chi connectivity index (χ1v) is 19.0. The van der Waals surface area contributed by atoms with Crippen molar-refractivity contribution in [2.75, 3.05) is 19.4 Å². The number of hydrogen-bond acceptors (Lipinski definition) is 7.